The van der Waals surface area contributed by atoms with Crippen molar-refractivity contribution in [3.63, 3.8) is 0 Å². The van der Waals surface area contributed by atoms with Crippen LogP contribution in [0.5, 0.6) is 5.75 Å². The van der Waals surface area contributed by atoms with Crippen LogP contribution in [0.2, 0.25) is 0 Å². The molecule has 0 unspecified atom stereocenters. The summed E-state index contributed by atoms with van der Waals surface area (Å²) in [6, 6.07) is 8.85. The van der Waals surface area contributed by atoms with Crippen molar-refractivity contribution in [3.05, 3.63) is 41.5 Å². The van der Waals surface area contributed by atoms with Crippen LogP contribution in [0.15, 0.2) is 35.9 Å². The Hall–Kier alpha value is -1.24. The predicted octanol–water partition coefficient (Wildman–Crippen LogP) is 5.11. The highest BCUT2D eigenvalue weighted by atomic mass is 16.5. The van der Waals surface area contributed by atoms with Gasteiger partial charge in [-0.2, -0.15) is 0 Å². The van der Waals surface area contributed by atoms with Crippen LogP contribution in [-0.2, 0) is 5.41 Å². The van der Waals surface area contributed by atoms with Gasteiger partial charge in [0, 0.05) is 5.41 Å². The van der Waals surface area contributed by atoms with E-state index >= 15 is 0 Å². The van der Waals surface area contributed by atoms with E-state index in [1.54, 1.807) is 12.7 Å². The van der Waals surface area contributed by atoms with Gasteiger partial charge in [0.1, 0.15) is 5.75 Å². The summed E-state index contributed by atoms with van der Waals surface area (Å²) < 4.78 is 5.32. The van der Waals surface area contributed by atoms with Gasteiger partial charge in [0.25, 0.3) is 0 Å². The van der Waals surface area contributed by atoms with Crippen LogP contribution in [-0.4, -0.2) is 7.11 Å². The molecule has 1 aromatic rings. The quantitative estimate of drug-likeness (QED) is 0.679. The molecule has 0 heterocycles. The van der Waals surface area contributed by atoms with Crippen LogP contribution in [0.25, 0.3) is 0 Å². The summed E-state index contributed by atoms with van der Waals surface area (Å²) in [6.07, 6.45) is 7.86. The number of hydrogen-bond donors (Lipinski definition) is 0. The molecule has 0 amide bonds. The third-order valence-corrected chi connectivity index (χ3v) is 5.75. The highest BCUT2D eigenvalue weighted by Gasteiger charge is 2.54. The van der Waals surface area contributed by atoms with Gasteiger partial charge in [0.15, 0.2) is 0 Å². The Bertz CT molecular complexity index is 523. The van der Waals surface area contributed by atoms with Crippen molar-refractivity contribution >= 4 is 0 Å². The highest BCUT2D eigenvalue weighted by Crippen LogP contribution is 2.61. The summed E-state index contributed by atoms with van der Waals surface area (Å²) in [5.41, 5.74) is 3.64. The third-order valence-electron chi connectivity index (χ3n) is 5.75. The second-order valence-electron chi connectivity index (χ2n) is 7.21. The normalized spacial score (nSPS) is 31.6. The highest BCUT2D eigenvalue weighted by molar-refractivity contribution is 5.40. The van der Waals surface area contributed by atoms with Crippen molar-refractivity contribution in [1.82, 2.24) is 0 Å². The molecule has 2 aliphatic rings. The van der Waals surface area contributed by atoms with Gasteiger partial charge in [0.2, 0.25) is 0 Å². The lowest BCUT2D eigenvalue weighted by Gasteiger charge is -2.51. The Morgan fingerprint density at radius 2 is 1.85 bits per heavy atom. The van der Waals surface area contributed by atoms with Crippen molar-refractivity contribution in [1.29, 1.82) is 0 Å². The molecular formula is C19H26O. The minimum atomic E-state index is 0.241. The largest absolute Gasteiger partial charge is 0.497 e. The van der Waals surface area contributed by atoms with Crippen LogP contribution in [0.3, 0.4) is 0 Å². The van der Waals surface area contributed by atoms with E-state index in [0.29, 0.717) is 5.41 Å². The molecule has 2 aliphatic carbocycles. The second kappa shape index (κ2) is 4.65. The van der Waals surface area contributed by atoms with E-state index in [1.807, 2.05) is 0 Å². The lowest BCUT2D eigenvalue weighted by molar-refractivity contribution is 0.141. The monoisotopic (exact) mass is 270 g/mol. The zero-order chi connectivity index (χ0) is 14.4. The molecular weight excluding hydrogens is 244 g/mol. The van der Waals surface area contributed by atoms with Crippen molar-refractivity contribution in [2.45, 2.75) is 51.9 Å². The molecule has 108 valence electrons. The van der Waals surface area contributed by atoms with Crippen molar-refractivity contribution in [2.24, 2.45) is 11.3 Å². The Labute approximate surface area is 123 Å². The Morgan fingerprint density at radius 1 is 1.15 bits per heavy atom. The molecule has 0 aromatic heterocycles. The van der Waals surface area contributed by atoms with E-state index in [1.165, 1.54) is 31.2 Å². The fourth-order valence-electron chi connectivity index (χ4n) is 5.04. The summed E-state index contributed by atoms with van der Waals surface area (Å²) in [5, 5.41) is 0. The van der Waals surface area contributed by atoms with E-state index in [9.17, 15) is 0 Å². The Balaban J connectivity index is 2.11. The Kier molecular flexibility index (Phi) is 3.19. The molecule has 0 aliphatic heterocycles. The number of benzene rings is 1. The Morgan fingerprint density at radius 3 is 2.50 bits per heavy atom. The molecule has 1 heteroatoms. The van der Waals surface area contributed by atoms with Crippen LogP contribution in [0.1, 0.15) is 52.0 Å². The third kappa shape index (κ3) is 1.82. The number of rotatable bonds is 2. The number of allylic oxidation sites excluding steroid dienone is 2. The van der Waals surface area contributed by atoms with Gasteiger partial charge >= 0.3 is 0 Å². The van der Waals surface area contributed by atoms with E-state index in [2.05, 4.69) is 51.1 Å². The lowest BCUT2D eigenvalue weighted by Crippen LogP contribution is -2.46. The number of ether oxygens (including phenoxy) is 1. The summed E-state index contributed by atoms with van der Waals surface area (Å²) >= 11 is 0. The van der Waals surface area contributed by atoms with E-state index < -0.39 is 0 Å². The average molecular weight is 270 g/mol. The van der Waals surface area contributed by atoms with Gasteiger partial charge in [0.05, 0.1) is 7.11 Å². The number of fused-ring (bicyclic) bond motifs is 1. The SMILES string of the molecule is COc1ccc([C@]23CCC[C@H]2CC(C)=CC3(C)C)cc1. The molecule has 1 fully saturated rings. The molecule has 20 heavy (non-hydrogen) atoms. The molecule has 0 bridgehead atoms. The van der Waals surface area contributed by atoms with Crippen molar-refractivity contribution in [2.75, 3.05) is 7.11 Å². The van der Waals surface area contributed by atoms with E-state index in [-0.39, 0.29) is 5.41 Å². The van der Waals surface area contributed by atoms with Gasteiger partial charge < -0.3 is 4.74 Å². The molecule has 1 saturated carbocycles. The molecule has 2 atom stereocenters. The zero-order valence-corrected chi connectivity index (χ0v) is 13.2. The first-order valence-electron chi connectivity index (χ1n) is 7.82. The summed E-state index contributed by atoms with van der Waals surface area (Å²) in [7, 11) is 1.74. The average Bonchev–Trinajstić information content (AvgIpc) is 2.83. The first-order valence-corrected chi connectivity index (χ1v) is 7.82. The predicted molar refractivity (Wildman–Crippen MR) is 84.2 cm³/mol. The molecule has 1 aromatic carbocycles. The van der Waals surface area contributed by atoms with Gasteiger partial charge in [-0.1, -0.05) is 44.1 Å². The maximum atomic E-state index is 5.32. The topological polar surface area (TPSA) is 9.23 Å². The van der Waals surface area contributed by atoms with E-state index in [0.717, 1.165) is 11.7 Å². The maximum Gasteiger partial charge on any atom is 0.118 e. The summed E-state index contributed by atoms with van der Waals surface area (Å²) in [4.78, 5) is 0. The van der Waals surface area contributed by atoms with Crippen LogP contribution in [0.4, 0.5) is 0 Å². The first kappa shape index (κ1) is 13.7. The maximum absolute atomic E-state index is 5.32. The summed E-state index contributed by atoms with van der Waals surface area (Å²) in [6.45, 7) is 7.16. The fourth-order valence-corrected chi connectivity index (χ4v) is 5.04. The van der Waals surface area contributed by atoms with Crippen LogP contribution < -0.4 is 4.74 Å². The van der Waals surface area contributed by atoms with Crippen molar-refractivity contribution < 1.29 is 4.74 Å². The molecule has 1 nitrogen and oxygen atoms in total. The van der Waals surface area contributed by atoms with Gasteiger partial charge in [-0.25, -0.2) is 0 Å². The van der Waals surface area contributed by atoms with Gasteiger partial charge in [-0.05, 0) is 55.2 Å². The fraction of sp³-hybridized carbons (Fsp3) is 0.579. The molecule has 0 N–H and O–H groups in total. The second-order valence-corrected chi connectivity index (χ2v) is 7.21. The smallest absolute Gasteiger partial charge is 0.118 e. The van der Waals surface area contributed by atoms with E-state index in [4.69, 9.17) is 4.74 Å². The number of hydrogen-bond acceptors (Lipinski definition) is 1. The number of methoxy groups -OCH3 is 1. The van der Waals surface area contributed by atoms with Crippen LogP contribution >= 0.6 is 0 Å². The minimum Gasteiger partial charge on any atom is -0.497 e. The first-order chi connectivity index (χ1) is 9.49. The summed E-state index contributed by atoms with van der Waals surface area (Å²) in [5.74, 6) is 1.76. The van der Waals surface area contributed by atoms with Crippen molar-refractivity contribution in [3.8, 4) is 5.75 Å². The minimum absolute atomic E-state index is 0.241. The molecule has 0 radical (unpaired) electrons. The van der Waals surface area contributed by atoms with Crippen LogP contribution in [0, 0.1) is 11.3 Å². The van der Waals surface area contributed by atoms with Gasteiger partial charge in [-0.15, -0.1) is 0 Å². The zero-order valence-electron chi connectivity index (χ0n) is 13.2. The lowest BCUT2D eigenvalue weighted by atomic mass is 9.53. The molecule has 0 saturated heterocycles. The standard InChI is InChI=1S/C19H26O/c1-14-12-16-6-5-11-19(16,18(2,3)13-14)15-7-9-17(20-4)10-8-15/h7-10,13,16H,5-6,11-12H2,1-4H3/t16-,19+/m0/s1. The molecule has 0 spiro atoms. The molecule has 3 rings (SSSR count). The van der Waals surface area contributed by atoms with Gasteiger partial charge in [-0.3, -0.25) is 0 Å².